The molecule has 1 aliphatic heterocycles. The van der Waals surface area contributed by atoms with Crippen LogP contribution >= 0.6 is 11.6 Å². The topological polar surface area (TPSA) is 72.6 Å². The van der Waals surface area contributed by atoms with Crippen molar-refractivity contribution in [2.45, 2.75) is 38.6 Å². The van der Waals surface area contributed by atoms with E-state index in [4.69, 9.17) is 22.1 Å². The Morgan fingerprint density at radius 2 is 2.18 bits per heavy atom. The molecule has 1 saturated heterocycles. The zero-order valence-electron chi connectivity index (χ0n) is 12.7. The number of hydrogen-bond donors (Lipinski definition) is 1. The van der Waals surface area contributed by atoms with E-state index in [9.17, 15) is 9.59 Å². The highest BCUT2D eigenvalue weighted by Gasteiger charge is 2.26. The molecule has 22 heavy (non-hydrogen) atoms. The van der Waals surface area contributed by atoms with Gasteiger partial charge in [0.15, 0.2) is 6.61 Å². The van der Waals surface area contributed by atoms with Gasteiger partial charge in [0.1, 0.15) is 0 Å². The maximum absolute atomic E-state index is 12.2. The van der Waals surface area contributed by atoms with Crippen molar-refractivity contribution in [1.29, 1.82) is 0 Å². The first-order chi connectivity index (χ1) is 10.5. The van der Waals surface area contributed by atoms with E-state index in [1.807, 2.05) is 4.90 Å². The lowest BCUT2D eigenvalue weighted by Gasteiger charge is -2.35. The average Bonchev–Trinajstić information content (AvgIpc) is 2.54. The van der Waals surface area contributed by atoms with Gasteiger partial charge >= 0.3 is 5.97 Å². The summed E-state index contributed by atoms with van der Waals surface area (Å²) in [4.78, 5) is 26.1. The smallest absolute Gasteiger partial charge is 0.340 e. The zero-order chi connectivity index (χ0) is 16.1. The summed E-state index contributed by atoms with van der Waals surface area (Å²) in [6.07, 6.45) is 4.07. The Hall–Kier alpha value is -1.75. The molecule has 120 valence electrons. The number of halogens is 1. The van der Waals surface area contributed by atoms with Crippen molar-refractivity contribution in [3.63, 3.8) is 0 Å². The molecule has 1 aromatic rings. The van der Waals surface area contributed by atoms with Crippen LogP contribution in [-0.4, -0.2) is 36.0 Å². The molecule has 1 aliphatic rings. The molecule has 1 aromatic carbocycles. The van der Waals surface area contributed by atoms with E-state index in [-0.39, 0.29) is 29.8 Å². The van der Waals surface area contributed by atoms with Crippen LogP contribution in [0.5, 0.6) is 0 Å². The van der Waals surface area contributed by atoms with Gasteiger partial charge in [0, 0.05) is 23.3 Å². The van der Waals surface area contributed by atoms with Crippen LogP contribution in [0.15, 0.2) is 18.2 Å². The second-order valence-corrected chi connectivity index (χ2v) is 5.89. The minimum Gasteiger partial charge on any atom is -0.452 e. The number of likely N-dealkylation sites (tertiary alicyclic amines) is 1. The number of nitrogens with zero attached hydrogens (tertiary/aromatic N) is 1. The minimum atomic E-state index is -0.626. The summed E-state index contributed by atoms with van der Waals surface area (Å²) in [6.45, 7) is 2.53. The molecular formula is C16H21ClN2O3. The lowest BCUT2D eigenvalue weighted by atomic mass is 10.00. The number of rotatable bonds is 4. The molecule has 0 bridgehead atoms. The minimum absolute atomic E-state index is 0.152. The van der Waals surface area contributed by atoms with Gasteiger partial charge in [-0.1, -0.05) is 18.5 Å². The third kappa shape index (κ3) is 3.91. The monoisotopic (exact) mass is 324 g/mol. The van der Waals surface area contributed by atoms with Crippen LogP contribution in [0.3, 0.4) is 0 Å². The second kappa shape index (κ2) is 7.49. The lowest BCUT2D eigenvalue weighted by Crippen LogP contribution is -2.45. The fourth-order valence-electron chi connectivity index (χ4n) is 2.75. The second-order valence-electron chi connectivity index (χ2n) is 5.45. The highest BCUT2D eigenvalue weighted by atomic mass is 35.5. The van der Waals surface area contributed by atoms with Crippen LogP contribution in [0.2, 0.25) is 5.02 Å². The maximum atomic E-state index is 12.2. The summed E-state index contributed by atoms with van der Waals surface area (Å²) in [7, 11) is 0. The first-order valence-corrected chi connectivity index (χ1v) is 7.92. The maximum Gasteiger partial charge on any atom is 0.340 e. The third-order valence-corrected chi connectivity index (χ3v) is 4.22. The normalized spacial score (nSPS) is 18.1. The van der Waals surface area contributed by atoms with E-state index in [0.29, 0.717) is 5.02 Å². The molecule has 1 atom stereocenters. The fraction of sp³-hybridized carbons (Fsp3) is 0.500. The summed E-state index contributed by atoms with van der Waals surface area (Å²) in [5.74, 6) is -0.779. The predicted octanol–water partition coefficient (Wildman–Crippen LogP) is 2.87. The molecule has 5 nitrogen and oxygen atoms in total. The Morgan fingerprint density at radius 3 is 2.91 bits per heavy atom. The highest BCUT2D eigenvalue weighted by Crippen LogP contribution is 2.21. The Labute approximate surface area is 135 Å². The number of nitrogen functional groups attached to an aromatic ring is 1. The SMILES string of the molecule is CC[C@@H]1CCCCN1C(=O)COC(=O)c1cc(Cl)ccc1N. The van der Waals surface area contributed by atoms with Gasteiger partial charge in [-0.25, -0.2) is 4.79 Å². The van der Waals surface area contributed by atoms with E-state index in [2.05, 4.69) is 6.92 Å². The number of piperidine rings is 1. The van der Waals surface area contributed by atoms with E-state index >= 15 is 0 Å². The molecule has 1 amide bonds. The Bertz CT molecular complexity index is 562. The number of carbonyl (C=O) groups is 2. The van der Waals surface area contributed by atoms with Crippen LogP contribution < -0.4 is 5.73 Å². The van der Waals surface area contributed by atoms with Gasteiger partial charge in [0.2, 0.25) is 0 Å². The van der Waals surface area contributed by atoms with Crippen LogP contribution in [0.1, 0.15) is 43.0 Å². The molecule has 6 heteroatoms. The Morgan fingerprint density at radius 1 is 1.41 bits per heavy atom. The van der Waals surface area contributed by atoms with Crippen molar-refractivity contribution in [3.05, 3.63) is 28.8 Å². The standard InChI is InChI=1S/C16H21ClN2O3/c1-2-12-5-3-4-8-19(12)15(20)10-22-16(21)13-9-11(17)6-7-14(13)18/h6-7,9,12H,2-5,8,10,18H2,1H3/t12-/m1/s1. The van der Waals surface area contributed by atoms with Crippen molar-refractivity contribution in [2.75, 3.05) is 18.9 Å². The summed E-state index contributed by atoms with van der Waals surface area (Å²) in [5, 5.41) is 0.398. The van der Waals surface area contributed by atoms with Gasteiger partial charge in [0.05, 0.1) is 5.56 Å². The van der Waals surface area contributed by atoms with Gasteiger partial charge in [0.25, 0.3) is 5.91 Å². The van der Waals surface area contributed by atoms with E-state index in [1.54, 1.807) is 12.1 Å². The molecule has 0 saturated carbocycles. The molecule has 1 heterocycles. The van der Waals surface area contributed by atoms with Crippen LogP contribution in [0.4, 0.5) is 5.69 Å². The molecule has 2 N–H and O–H groups in total. The average molecular weight is 325 g/mol. The lowest BCUT2D eigenvalue weighted by molar-refractivity contribution is -0.138. The van der Waals surface area contributed by atoms with Gasteiger partial charge in [-0.2, -0.15) is 0 Å². The van der Waals surface area contributed by atoms with Gasteiger partial charge < -0.3 is 15.4 Å². The number of amides is 1. The number of nitrogens with two attached hydrogens (primary N) is 1. The molecule has 0 radical (unpaired) electrons. The number of anilines is 1. The van der Waals surface area contributed by atoms with Crippen molar-refractivity contribution >= 4 is 29.2 Å². The number of benzene rings is 1. The van der Waals surface area contributed by atoms with Gasteiger partial charge in [-0.3, -0.25) is 4.79 Å². The first-order valence-electron chi connectivity index (χ1n) is 7.54. The fourth-order valence-corrected chi connectivity index (χ4v) is 2.92. The predicted molar refractivity (Wildman–Crippen MR) is 85.8 cm³/mol. The van der Waals surface area contributed by atoms with Crippen molar-refractivity contribution in [3.8, 4) is 0 Å². The molecular weight excluding hydrogens is 304 g/mol. The van der Waals surface area contributed by atoms with Crippen LogP contribution in [-0.2, 0) is 9.53 Å². The van der Waals surface area contributed by atoms with Crippen LogP contribution in [0.25, 0.3) is 0 Å². The van der Waals surface area contributed by atoms with E-state index < -0.39 is 5.97 Å². The largest absolute Gasteiger partial charge is 0.452 e. The van der Waals surface area contributed by atoms with E-state index in [0.717, 1.165) is 32.2 Å². The highest BCUT2D eigenvalue weighted by molar-refractivity contribution is 6.31. The molecule has 2 rings (SSSR count). The quantitative estimate of drug-likeness (QED) is 0.682. The summed E-state index contributed by atoms with van der Waals surface area (Å²) >= 11 is 5.84. The van der Waals surface area contributed by atoms with Crippen molar-refractivity contribution in [1.82, 2.24) is 4.90 Å². The number of ether oxygens (including phenoxy) is 1. The van der Waals surface area contributed by atoms with Crippen molar-refractivity contribution < 1.29 is 14.3 Å². The zero-order valence-corrected chi connectivity index (χ0v) is 13.4. The summed E-state index contributed by atoms with van der Waals surface area (Å²) < 4.78 is 5.10. The van der Waals surface area contributed by atoms with Crippen molar-refractivity contribution in [2.24, 2.45) is 0 Å². The molecule has 1 fully saturated rings. The Kier molecular flexibility index (Phi) is 5.66. The number of hydrogen-bond acceptors (Lipinski definition) is 4. The molecule has 0 unspecified atom stereocenters. The molecule has 0 aliphatic carbocycles. The summed E-state index contributed by atoms with van der Waals surface area (Å²) in [5.41, 5.74) is 6.20. The summed E-state index contributed by atoms with van der Waals surface area (Å²) in [6, 6.07) is 4.83. The van der Waals surface area contributed by atoms with Crippen LogP contribution in [0, 0.1) is 0 Å². The van der Waals surface area contributed by atoms with Gasteiger partial charge in [-0.05, 0) is 43.9 Å². The third-order valence-electron chi connectivity index (χ3n) is 3.98. The molecule has 0 spiro atoms. The first kappa shape index (κ1) is 16.6. The van der Waals surface area contributed by atoms with Gasteiger partial charge in [-0.15, -0.1) is 0 Å². The van der Waals surface area contributed by atoms with E-state index in [1.165, 1.54) is 6.07 Å². The number of esters is 1. The molecule has 0 aromatic heterocycles. The Balaban J connectivity index is 1.95. The number of carbonyl (C=O) groups excluding carboxylic acids is 2.